The van der Waals surface area contributed by atoms with E-state index in [1.165, 1.54) is 0 Å². The topological polar surface area (TPSA) is 66.2 Å². The molecule has 1 aromatic heterocycles. The fourth-order valence-electron chi connectivity index (χ4n) is 1.40. The molecule has 0 saturated heterocycles. The minimum atomic E-state index is -0.763. The summed E-state index contributed by atoms with van der Waals surface area (Å²) in [4.78, 5) is 8.54. The van der Waals surface area contributed by atoms with Gasteiger partial charge >= 0.3 is 0 Å². The van der Waals surface area contributed by atoms with Gasteiger partial charge in [-0.15, -0.1) is 0 Å². The second kappa shape index (κ2) is 4.33. The standard InChI is InChI=1S/C11H12N2O2/c14-7-9(15)5-8-6-12-10-3-1-2-4-11(10)13-8/h1-4,6,9,14-15H,5,7H2/t9-/m1/s1. The molecule has 0 spiro atoms. The number of benzene rings is 1. The van der Waals surface area contributed by atoms with Crippen LogP contribution in [-0.4, -0.2) is 32.9 Å². The Kier molecular flexibility index (Phi) is 2.89. The third-order valence-electron chi connectivity index (χ3n) is 2.15. The van der Waals surface area contributed by atoms with Gasteiger partial charge < -0.3 is 10.2 Å². The number of nitrogens with zero attached hydrogens (tertiary/aromatic N) is 2. The molecule has 4 nitrogen and oxygen atoms in total. The van der Waals surface area contributed by atoms with Gasteiger partial charge in [-0.05, 0) is 12.1 Å². The molecule has 0 unspecified atom stereocenters. The van der Waals surface area contributed by atoms with Crippen molar-refractivity contribution in [1.82, 2.24) is 9.97 Å². The molecule has 0 aliphatic rings. The molecule has 0 aliphatic carbocycles. The lowest BCUT2D eigenvalue weighted by Gasteiger charge is -2.06. The summed E-state index contributed by atoms with van der Waals surface area (Å²) in [6.45, 7) is -0.255. The van der Waals surface area contributed by atoms with Gasteiger partial charge in [0.2, 0.25) is 0 Å². The molecule has 0 saturated carbocycles. The maximum Gasteiger partial charge on any atom is 0.0890 e. The summed E-state index contributed by atoms with van der Waals surface area (Å²) < 4.78 is 0. The fourth-order valence-corrected chi connectivity index (χ4v) is 1.40. The van der Waals surface area contributed by atoms with Gasteiger partial charge in [-0.2, -0.15) is 0 Å². The highest BCUT2D eigenvalue weighted by Gasteiger charge is 2.05. The molecule has 1 aromatic carbocycles. The van der Waals surface area contributed by atoms with Crippen molar-refractivity contribution in [3.8, 4) is 0 Å². The van der Waals surface area contributed by atoms with Crippen molar-refractivity contribution in [2.75, 3.05) is 6.61 Å². The lowest BCUT2D eigenvalue weighted by molar-refractivity contribution is 0.0947. The van der Waals surface area contributed by atoms with E-state index >= 15 is 0 Å². The molecule has 0 bridgehead atoms. The van der Waals surface area contributed by atoms with Crippen LogP contribution in [0.15, 0.2) is 30.5 Å². The molecular weight excluding hydrogens is 192 g/mol. The summed E-state index contributed by atoms with van der Waals surface area (Å²) in [5.74, 6) is 0. The number of rotatable bonds is 3. The maximum absolute atomic E-state index is 9.27. The Balaban J connectivity index is 2.30. The fraction of sp³-hybridized carbons (Fsp3) is 0.273. The molecule has 0 radical (unpaired) electrons. The van der Waals surface area contributed by atoms with E-state index in [1.807, 2.05) is 24.3 Å². The third-order valence-corrected chi connectivity index (χ3v) is 2.15. The van der Waals surface area contributed by atoms with Gasteiger partial charge in [0.15, 0.2) is 0 Å². The summed E-state index contributed by atoms with van der Waals surface area (Å²) in [5, 5.41) is 18.0. The molecule has 0 fully saturated rings. The van der Waals surface area contributed by atoms with Crippen LogP contribution in [0.25, 0.3) is 11.0 Å². The Bertz CT molecular complexity index is 459. The van der Waals surface area contributed by atoms with Gasteiger partial charge in [-0.25, -0.2) is 4.98 Å². The van der Waals surface area contributed by atoms with Gasteiger partial charge in [0, 0.05) is 12.6 Å². The number of para-hydroxylation sites is 2. The second-order valence-corrected chi connectivity index (χ2v) is 3.39. The van der Waals surface area contributed by atoms with Gasteiger partial charge in [-0.3, -0.25) is 4.98 Å². The summed E-state index contributed by atoms with van der Waals surface area (Å²) in [7, 11) is 0. The van der Waals surface area contributed by atoms with Crippen LogP contribution < -0.4 is 0 Å². The van der Waals surface area contributed by atoms with Gasteiger partial charge in [0.25, 0.3) is 0 Å². The molecule has 1 atom stereocenters. The SMILES string of the molecule is OC[C@H](O)Cc1cnc2ccccc2n1. The average molecular weight is 204 g/mol. The zero-order valence-electron chi connectivity index (χ0n) is 8.17. The zero-order valence-corrected chi connectivity index (χ0v) is 8.17. The molecule has 2 aromatic rings. The van der Waals surface area contributed by atoms with Crippen LogP contribution in [0.4, 0.5) is 0 Å². The molecule has 1 heterocycles. The van der Waals surface area contributed by atoms with Crippen molar-refractivity contribution >= 4 is 11.0 Å². The Morgan fingerprint density at radius 1 is 1.20 bits per heavy atom. The van der Waals surface area contributed by atoms with Gasteiger partial charge in [0.05, 0.1) is 29.4 Å². The maximum atomic E-state index is 9.27. The molecule has 0 amide bonds. The summed E-state index contributed by atoms with van der Waals surface area (Å²) in [6, 6.07) is 7.55. The first-order valence-corrected chi connectivity index (χ1v) is 4.79. The van der Waals surface area contributed by atoms with E-state index in [0.29, 0.717) is 12.1 Å². The van der Waals surface area contributed by atoms with Crippen LogP contribution in [0.2, 0.25) is 0 Å². The second-order valence-electron chi connectivity index (χ2n) is 3.39. The molecule has 78 valence electrons. The first-order valence-electron chi connectivity index (χ1n) is 4.79. The first kappa shape index (κ1) is 10.0. The molecule has 2 N–H and O–H groups in total. The van der Waals surface area contributed by atoms with Crippen molar-refractivity contribution in [2.45, 2.75) is 12.5 Å². The number of hydrogen-bond acceptors (Lipinski definition) is 4. The Hall–Kier alpha value is -1.52. The largest absolute Gasteiger partial charge is 0.394 e. The smallest absolute Gasteiger partial charge is 0.0890 e. The Morgan fingerprint density at radius 2 is 1.93 bits per heavy atom. The van der Waals surface area contributed by atoms with Gasteiger partial charge in [-0.1, -0.05) is 12.1 Å². The van der Waals surface area contributed by atoms with Crippen LogP contribution in [0.5, 0.6) is 0 Å². The monoisotopic (exact) mass is 204 g/mol. The van der Waals surface area contributed by atoms with Crippen molar-refractivity contribution < 1.29 is 10.2 Å². The number of aliphatic hydroxyl groups is 2. The van der Waals surface area contributed by atoms with Crippen LogP contribution in [0.3, 0.4) is 0 Å². The molecule has 0 aliphatic heterocycles. The van der Waals surface area contributed by atoms with E-state index in [4.69, 9.17) is 5.11 Å². The molecule has 4 heteroatoms. The van der Waals surface area contributed by atoms with Crippen LogP contribution in [0.1, 0.15) is 5.69 Å². The first-order chi connectivity index (χ1) is 7.29. The Labute approximate surface area is 87.2 Å². The van der Waals surface area contributed by atoms with E-state index in [9.17, 15) is 5.11 Å². The average Bonchev–Trinajstić information content (AvgIpc) is 2.29. The molecule has 15 heavy (non-hydrogen) atoms. The van der Waals surface area contributed by atoms with E-state index in [1.54, 1.807) is 6.20 Å². The predicted octanol–water partition coefficient (Wildman–Crippen LogP) is 0.526. The summed E-state index contributed by atoms with van der Waals surface area (Å²) >= 11 is 0. The minimum absolute atomic E-state index is 0.255. The highest BCUT2D eigenvalue weighted by atomic mass is 16.3. The highest BCUT2D eigenvalue weighted by Crippen LogP contribution is 2.09. The lowest BCUT2D eigenvalue weighted by Crippen LogP contribution is -2.16. The van der Waals surface area contributed by atoms with E-state index in [-0.39, 0.29) is 6.61 Å². The van der Waals surface area contributed by atoms with Crippen LogP contribution in [0, 0.1) is 0 Å². The summed E-state index contributed by atoms with van der Waals surface area (Å²) in [5.41, 5.74) is 2.33. The van der Waals surface area contributed by atoms with Crippen molar-refractivity contribution in [3.63, 3.8) is 0 Å². The van der Waals surface area contributed by atoms with E-state index in [0.717, 1.165) is 11.0 Å². The minimum Gasteiger partial charge on any atom is -0.394 e. The van der Waals surface area contributed by atoms with Crippen LogP contribution >= 0.6 is 0 Å². The lowest BCUT2D eigenvalue weighted by atomic mass is 10.2. The zero-order chi connectivity index (χ0) is 10.7. The van der Waals surface area contributed by atoms with E-state index in [2.05, 4.69) is 9.97 Å². The quantitative estimate of drug-likeness (QED) is 0.765. The van der Waals surface area contributed by atoms with Gasteiger partial charge in [0.1, 0.15) is 0 Å². The number of aliphatic hydroxyl groups excluding tert-OH is 2. The number of hydrogen-bond donors (Lipinski definition) is 2. The van der Waals surface area contributed by atoms with E-state index < -0.39 is 6.10 Å². The molecular formula is C11H12N2O2. The number of fused-ring (bicyclic) bond motifs is 1. The van der Waals surface area contributed by atoms with Crippen molar-refractivity contribution in [3.05, 3.63) is 36.2 Å². The third kappa shape index (κ3) is 2.29. The predicted molar refractivity (Wildman–Crippen MR) is 56.3 cm³/mol. The molecule has 2 rings (SSSR count). The Morgan fingerprint density at radius 3 is 2.67 bits per heavy atom. The van der Waals surface area contributed by atoms with Crippen molar-refractivity contribution in [2.24, 2.45) is 0 Å². The summed E-state index contributed by atoms with van der Waals surface area (Å²) in [6.07, 6.45) is 1.19. The van der Waals surface area contributed by atoms with Crippen molar-refractivity contribution in [1.29, 1.82) is 0 Å². The van der Waals surface area contributed by atoms with Crippen LogP contribution in [-0.2, 0) is 6.42 Å². The highest BCUT2D eigenvalue weighted by molar-refractivity contribution is 5.73. The normalized spacial score (nSPS) is 12.9. The number of aromatic nitrogens is 2.